The highest BCUT2D eigenvalue weighted by atomic mass is 35.5. The fraction of sp³-hybridized carbons (Fsp3) is 0.538. The summed E-state index contributed by atoms with van der Waals surface area (Å²) < 4.78 is 0. The Bertz CT molecular complexity index is 1080. The van der Waals surface area contributed by atoms with Crippen LogP contribution in [-0.4, -0.2) is 49.1 Å². The number of rotatable bonds is 5. The number of carbonyl (C=O) groups excluding carboxylic acids is 2. The molecule has 2 aliphatic rings. The van der Waals surface area contributed by atoms with Gasteiger partial charge in [-0.25, -0.2) is 0 Å². The molecule has 0 aromatic heterocycles. The van der Waals surface area contributed by atoms with Gasteiger partial charge >= 0.3 is 0 Å². The van der Waals surface area contributed by atoms with Crippen LogP contribution in [0, 0.1) is 5.41 Å². The molecule has 0 amide bonds. The first-order valence-electron chi connectivity index (χ1n) is 11.1. The Morgan fingerprint density at radius 3 is 2.33 bits per heavy atom. The summed E-state index contributed by atoms with van der Waals surface area (Å²) >= 11 is 6.64. The molecule has 33 heavy (non-hydrogen) atoms. The average Bonchev–Trinajstić information content (AvgIpc) is 2.72. The number of ketones is 2. The lowest BCUT2D eigenvalue weighted by Gasteiger charge is -2.44. The number of phenols is 2. The highest BCUT2D eigenvalue weighted by molar-refractivity contribution is 6.44. The maximum absolute atomic E-state index is 13.6. The van der Waals surface area contributed by atoms with Crippen molar-refractivity contribution in [1.82, 2.24) is 0 Å². The van der Waals surface area contributed by atoms with E-state index in [4.69, 9.17) is 11.6 Å². The topological polar surface area (TPSA) is 115 Å². The molecule has 6 nitrogen and oxygen atoms in total. The van der Waals surface area contributed by atoms with Gasteiger partial charge in [0.1, 0.15) is 16.4 Å². The maximum atomic E-state index is 13.6. The van der Waals surface area contributed by atoms with E-state index in [1.54, 1.807) is 0 Å². The van der Waals surface area contributed by atoms with Crippen LogP contribution in [0.2, 0.25) is 0 Å². The first-order valence-corrected chi connectivity index (χ1v) is 11.5. The number of carbonyl (C=O) groups is 2. The predicted molar refractivity (Wildman–Crippen MR) is 127 cm³/mol. The van der Waals surface area contributed by atoms with Crippen LogP contribution in [0.25, 0.3) is 0 Å². The van der Waals surface area contributed by atoms with E-state index in [1.165, 1.54) is 19.9 Å². The van der Waals surface area contributed by atoms with Crippen molar-refractivity contribution < 1.29 is 30.0 Å². The van der Waals surface area contributed by atoms with Gasteiger partial charge in [0.25, 0.3) is 0 Å². The summed E-state index contributed by atoms with van der Waals surface area (Å²) in [6.45, 7) is 12.2. The number of allylic oxidation sites excluding steroid dienone is 1. The van der Waals surface area contributed by atoms with Crippen molar-refractivity contribution in [2.24, 2.45) is 5.41 Å². The minimum atomic E-state index is -2.25. The Hall–Kier alpha value is -2.15. The number of benzene rings is 1. The number of alkyl halides is 1. The van der Waals surface area contributed by atoms with Gasteiger partial charge in [0.15, 0.2) is 17.2 Å². The molecule has 3 atom stereocenters. The van der Waals surface area contributed by atoms with Crippen LogP contribution >= 0.6 is 11.6 Å². The molecule has 0 radical (unpaired) electrons. The first kappa shape index (κ1) is 25.5. The number of halogens is 1. The normalized spacial score (nSPS) is 29.0. The van der Waals surface area contributed by atoms with E-state index in [2.05, 4.69) is 20.4 Å². The number of aliphatic hydroxyl groups excluding tert-OH is 1. The fourth-order valence-corrected chi connectivity index (χ4v) is 5.41. The summed E-state index contributed by atoms with van der Waals surface area (Å²) in [5.41, 5.74) is -2.27. The summed E-state index contributed by atoms with van der Waals surface area (Å²) in [5, 5.41) is 43.1. The lowest BCUT2D eigenvalue weighted by molar-refractivity contribution is 0.00807. The average molecular weight is 477 g/mol. The van der Waals surface area contributed by atoms with Gasteiger partial charge < -0.3 is 20.4 Å². The summed E-state index contributed by atoms with van der Waals surface area (Å²) in [4.78, 5) is 25.1. The Morgan fingerprint density at radius 1 is 1.21 bits per heavy atom. The third kappa shape index (κ3) is 3.72. The molecule has 1 aromatic carbocycles. The second kappa shape index (κ2) is 7.97. The molecule has 1 aromatic rings. The van der Waals surface area contributed by atoms with E-state index in [9.17, 15) is 30.0 Å². The van der Waals surface area contributed by atoms with E-state index in [0.717, 1.165) is 30.1 Å². The number of hydrogen-bond acceptors (Lipinski definition) is 6. The minimum Gasteiger partial charge on any atom is -0.507 e. The molecule has 0 saturated carbocycles. The van der Waals surface area contributed by atoms with Gasteiger partial charge in [-0.05, 0) is 51.5 Å². The van der Waals surface area contributed by atoms with Crippen LogP contribution in [-0.2, 0) is 5.41 Å². The summed E-state index contributed by atoms with van der Waals surface area (Å²) in [6, 6.07) is 1.06. The van der Waals surface area contributed by atoms with Crippen LogP contribution in [0.5, 0.6) is 11.5 Å². The molecule has 2 aliphatic carbocycles. The van der Waals surface area contributed by atoms with Crippen molar-refractivity contribution in [2.45, 2.75) is 76.2 Å². The van der Waals surface area contributed by atoms with Crippen LogP contribution in [0.3, 0.4) is 0 Å². The lowest BCUT2D eigenvalue weighted by Crippen LogP contribution is -2.62. The molecule has 180 valence electrons. The summed E-state index contributed by atoms with van der Waals surface area (Å²) in [5.74, 6) is -2.79. The fourth-order valence-electron chi connectivity index (χ4n) is 5.16. The van der Waals surface area contributed by atoms with Gasteiger partial charge in [0.05, 0.1) is 12.2 Å². The van der Waals surface area contributed by atoms with Crippen LogP contribution in [0.4, 0.5) is 0 Å². The van der Waals surface area contributed by atoms with Crippen molar-refractivity contribution in [3.8, 4) is 11.5 Å². The van der Waals surface area contributed by atoms with E-state index < -0.39 is 45.6 Å². The number of Topliss-reactive ketones (excluding diaryl/α,β-unsaturated/α-hetero) is 2. The van der Waals surface area contributed by atoms with Crippen LogP contribution < -0.4 is 0 Å². The number of phenolic OH excluding ortho intramolecular Hbond substituents is 2. The number of fused-ring (bicyclic) bond motifs is 1. The van der Waals surface area contributed by atoms with Crippen LogP contribution in [0.15, 0.2) is 29.9 Å². The van der Waals surface area contributed by atoms with Crippen molar-refractivity contribution >= 4 is 23.2 Å². The van der Waals surface area contributed by atoms with Crippen molar-refractivity contribution in [1.29, 1.82) is 0 Å². The van der Waals surface area contributed by atoms with Gasteiger partial charge in [-0.2, -0.15) is 0 Å². The third-order valence-corrected chi connectivity index (χ3v) is 8.08. The number of aromatic hydroxyl groups is 2. The Kier molecular flexibility index (Phi) is 6.15. The molecule has 0 fully saturated rings. The molecular weight excluding hydrogens is 444 g/mol. The molecule has 4 N–H and O–H groups in total. The molecule has 0 heterocycles. The lowest BCUT2D eigenvalue weighted by atomic mass is 9.64. The van der Waals surface area contributed by atoms with Gasteiger partial charge in [-0.3, -0.25) is 9.59 Å². The largest absolute Gasteiger partial charge is 0.507 e. The number of hydrogen-bond donors (Lipinski definition) is 4. The predicted octanol–water partition coefficient (Wildman–Crippen LogP) is 4.56. The monoisotopic (exact) mass is 476 g/mol. The Labute approximate surface area is 199 Å². The molecule has 0 bridgehead atoms. The SMILES string of the molecule is C=CC(C)(CO)c1c(O)cc2c(c1O)C(=O)C(C)(Cl)C(O)(CC1=C(C)CC(C)(C)CC1)C2=O. The van der Waals surface area contributed by atoms with Gasteiger partial charge in [-0.1, -0.05) is 31.1 Å². The van der Waals surface area contributed by atoms with Crippen molar-refractivity contribution in [2.75, 3.05) is 6.61 Å². The van der Waals surface area contributed by atoms with E-state index >= 15 is 0 Å². The third-order valence-electron chi connectivity index (χ3n) is 7.60. The zero-order valence-corrected chi connectivity index (χ0v) is 20.6. The van der Waals surface area contributed by atoms with Crippen LogP contribution in [0.1, 0.15) is 86.6 Å². The molecular formula is C26H33ClO6. The second-order valence-corrected chi connectivity index (χ2v) is 11.5. The van der Waals surface area contributed by atoms with Gasteiger partial charge in [0.2, 0.25) is 0 Å². The smallest absolute Gasteiger partial charge is 0.197 e. The Morgan fingerprint density at radius 2 is 1.82 bits per heavy atom. The maximum Gasteiger partial charge on any atom is 0.197 e. The molecule has 0 saturated heterocycles. The molecule has 0 spiro atoms. The minimum absolute atomic E-state index is 0.108. The molecule has 0 aliphatic heterocycles. The second-order valence-electron chi connectivity index (χ2n) is 10.7. The summed E-state index contributed by atoms with van der Waals surface area (Å²) in [6.07, 6.45) is 3.58. The Balaban J connectivity index is 2.20. The van der Waals surface area contributed by atoms with Gasteiger partial charge in [0, 0.05) is 23.0 Å². The highest BCUT2D eigenvalue weighted by Gasteiger charge is 2.62. The van der Waals surface area contributed by atoms with Gasteiger partial charge in [-0.15, -0.1) is 18.2 Å². The zero-order valence-electron chi connectivity index (χ0n) is 19.9. The number of aliphatic hydroxyl groups is 2. The summed E-state index contributed by atoms with van der Waals surface area (Å²) in [7, 11) is 0. The standard InChI is InChI=1S/C26H33ClO6/c1-7-24(5,13-28)19-17(29)10-16-18(20(19)30)22(32)25(6,27)26(33,21(16)31)12-15-8-9-23(3,4)11-14(15)2/h7,10,28-30,33H,1,8-9,11-13H2,2-6H3. The quantitative estimate of drug-likeness (QED) is 0.366. The van der Waals surface area contributed by atoms with E-state index in [0.29, 0.717) is 6.42 Å². The first-order chi connectivity index (χ1) is 15.1. The highest BCUT2D eigenvalue weighted by Crippen LogP contribution is 2.52. The van der Waals surface area contributed by atoms with Crippen molar-refractivity contribution in [3.63, 3.8) is 0 Å². The van der Waals surface area contributed by atoms with E-state index in [1.807, 2.05) is 6.92 Å². The zero-order chi connectivity index (χ0) is 25.1. The molecule has 3 rings (SSSR count). The molecule has 7 heteroatoms. The molecule has 3 unspecified atom stereocenters. The van der Waals surface area contributed by atoms with Crippen molar-refractivity contribution in [3.05, 3.63) is 46.6 Å². The van der Waals surface area contributed by atoms with E-state index in [-0.39, 0.29) is 28.5 Å².